The van der Waals surface area contributed by atoms with E-state index in [-0.39, 0.29) is 5.75 Å². The molecule has 0 saturated carbocycles. The van der Waals surface area contributed by atoms with Crippen molar-refractivity contribution in [3.63, 3.8) is 0 Å². The lowest BCUT2D eigenvalue weighted by molar-refractivity contribution is 0.248. The highest BCUT2D eigenvalue weighted by atomic mass is 79.9. The summed E-state index contributed by atoms with van der Waals surface area (Å²) in [5.74, 6) is 2.23. The number of aromatic nitrogens is 1. The van der Waals surface area contributed by atoms with Crippen LogP contribution in [0.3, 0.4) is 0 Å². The molecule has 1 fully saturated rings. The first-order chi connectivity index (χ1) is 12.1. The van der Waals surface area contributed by atoms with Crippen molar-refractivity contribution in [1.82, 2.24) is 9.88 Å². The Morgan fingerprint density at radius 1 is 1.08 bits per heavy atom. The van der Waals surface area contributed by atoms with Crippen LogP contribution in [0.1, 0.15) is 5.56 Å². The van der Waals surface area contributed by atoms with E-state index in [0.717, 1.165) is 48.6 Å². The normalized spacial score (nSPS) is 15.2. The first-order valence-electron chi connectivity index (χ1n) is 8.14. The monoisotopic (exact) mass is 407 g/mol. The molecule has 1 aromatic carbocycles. The third-order valence-corrected chi connectivity index (χ3v) is 4.94. The maximum atomic E-state index is 9.70. The van der Waals surface area contributed by atoms with E-state index in [1.165, 1.54) is 0 Å². The number of rotatable bonds is 5. The number of aromatic hydroxyl groups is 1. The summed E-state index contributed by atoms with van der Waals surface area (Å²) < 4.78 is 11.3. The molecule has 0 aliphatic carbocycles. The highest BCUT2D eigenvalue weighted by Gasteiger charge is 2.19. The van der Waals surface area contributed by atoms with Crippen molar-refractivity contribution in [2.45, 2.75) is 6.54 Å². The summed E-state index contributed by atoms with van der Waals surface area (Å²) >= 11 is 3.44. The fourth-order valence-corrected chi connectivity index (χ4v) is 3.33. The van der Waals surface area contributed by atoms with Crippen molar-refractivity contribution in [2.24, 2.45) is 0 Å². The van der Waals surface area contributed by atoms with E-state index in [1.54, 1.807) is 20.3 Å². The number of phenols is 1. The third-order valence-electron chi connectivity index (χ3n) is 4.34. The van der Waals surface area contributed by atoms with Gasteiger partial charge in [-0.3, -0.25) is 4.90 Å². The van der Waals surface area contributed by atoms with Gasteiger partial charge in [0.25, 0.3) is 0 Å². The minimum atomic E-state index is 0.173. The SMILES string of the molecule is COc1cc(CN2CCN(c3ccc(Br)c(OC)n3)CC2)ccc1O. The van der Waals surface area contributed by atoms with Crippen LogP contribution < -0.4 is 14.4 Å². The van der Waals surface area contributed by atoms with Gasteiger partial charge in [0, 0.05) is 32.7 Å². The van der Waals surface area contributed by atoms with Crippen LogP contribution in [0, 0.1) is 0 Å². The molecule has 1 aliphatic heterocycles. The first kappa shape index (κ1) is 17.8. The van der Waals surface area contributed by atoms with Crippen molar-refractivity contribution in [1.29, 1.82) is 0 Å². The second kappa shape index (κ2) is 7.93. The van der Waals surface area contributed by atoms with Crippen LogP contribution in [-0.4, -0.2) is 55.4 Å². The van der Waals surface area contributed by atoms with Gasteiger partial charge in [0.15, 0.2) is 11.5 Å². The second-order valence-corrected chi connectivity index (χ2v) is 6.78. The maximum Gasteiger partial charge on any atom is 0.229 e. The predicted molar refractivity (Wildman–Crippen MR) is 101 cm³/mol. The molecule has 3 rings (SSSR count). The fraction of sp³-hybridized carbons (Fsp3) is 0.389. The number of hydrogen-bond acceptors (Lipinski definition) is 6. The lowest BCUT2D eigenvalue weighted by Crippen LogP contribution is -2.46. The number of benzene rings is 1. The Balaban J connectivity index is 1.60. The van der Waals surface area contributed by atoms with Crippen LogP contribution >= 0.6 is 15.9 Å². The standard InChI is InChI=1S/C18H22BrN3O3/c1-24-16-11-13(3-5-15(16)23)12-21-7-9-22(10-8-21)17-6-4-14(19)18(20-17)25-2/h3-6,11,23H,7-10,12H2,1-2H3. The Kier molecular flexibility index (Phi) is 5.65. The van der Waals surface area contributed by atoms with E-state index in [0.29, 0.717) is 11.6 Å². The van der Waals surface area contributed by atoms with Gasteiger partial charge in [-0.25, -0.2) is 0 Å². The molecule has 0 spiro atoms. The van der Waals surface area contributed by atoms with Crippen LogP contribution in [0.4, 0.5) is 5.82 Å². The summed E-state index contributed by atoms with van der Waals surface area (Å²) in [5.41, 5.74) is 1.13. The number of pyridine rings is 1. The van der Waals surface area contributed by atoms with Crippen LogP contribution in [0.25, 0.3) is 0 Å². The molecular formula is C18H22BrN3O3. The smallest absolute Gasteiger partial charge is 0.229 e. The summed E-state index contributed by atoms with van der Waals surface area (Å²) in [5, 5.41) is 9.70. The minimum Gasteiger partial charge on any atom is -0.504 e. The van der Waals surface area contributed by atoms with Gasteiger partial charge in [0.1, 0.15) is 5.82 Å². The number of ether oxygens (including phenoxy) is 2. The summed E-state index contributed by atoms with van der Waals surface area (Å²) in [6, 6.07) is 9.49. The van der Waals surface area contributed by atoms with Gasteiger partial charge in [-0.15, -0.1) is 0 Å². The maximum absolute atomic E-state index is 9.70. The van der Waals surface area contributed by atoms with Crippen molar-refractivity contribution >= 4 is 21.7 Å². The number of anilines is 1. The van der Waals surface area contributed by atoms with Gasteiger partial charge in [-0.1, -0.05) is 6.07 Å². The molecule has 1 N–H and O–H groups in total. The minimum absolute atomic E-state index is 0.173. The lowest BCUT2D eigenvalue weighted by atomic mass is 10.1. The van der Waals surface area contributed by atoms with E-state index in [2.05, 4.69) is 30.7 Å². The van der Waals surface area contributed by atoms with Crippen LogP contribution in [0.15, 0.2) is 34.8 Å². The van der Waals surface area contributed by atoms with Crippen molar-refractivity contribution in [3.05, 3.63) is 40.4 Å². The summed E-state index contributed by atoms with van der Waals surface area (Å²) in [4.78, 5) is 9.20. The molecule has 0 unspecified atom stereocenters. The Labute approximate surface area is 156 Å². The molecule has 2 heterocycles. The molecule has 6 nitrogen and oxygen atoms in total. The van der Waals surface area contributed by atoms with Crippen LogP contribution in [0.2, 0.25) is 0 Å². The van der Waals surface area contributed by atoms with Gasteiger partial charge in [-0.2, -0.15) is 4.98 Å². The molecule has 0 bridgehead atoms. The van der Waals surface area contributed by atoms with E-state index >= 15 is 0 Å². The molecule has 0 atom stereocenters. The van der Waals surface area contributed by atoms with E-state index in [9.17, 15) is 5.11 Å². The number of halogens is 1. The zero-order valence-corrected chi connectivity index (χ0v) is 16.0. The molecule has 134 valence electrons. The molecule has 1 aromatic heterocycles. The molecule has 2 aromatic rings. The number of hydrogen-bond donors (Lipinski definition) is 1. The molecule has 1 aliphatic rings. The van der Waals surface area contributed by atoms with Gasteiger partial charge in [0.2, 0.25) is 5.88 Å². The van der Waals surface area contributed by atoms with Gasteiger partial charge in [0.05, 0.1) is 18.7 Å². The average molecular weight is 408 g/mol. The van der Waals surface area contributed by atoms with E-state index in [1.807, 2.05) is 24.3 Å². The number of nitrogens with zero attached hydrogens (tertiary/aromatic N) is 3. The van der Waals surface area contributed by atoms with Crippen molar-refractivity contribution in [3.8, 4) is 17.4 Å². The molecule has 25 heavy (non-hydrogen) atoms. The molecule has 0 amide bonds. The van der Waals surface area contributed by atoms with Crippen molar-refractivity contribution < 1.29 is 14.6 Å². The van der Waals surface area contributed by atoms with Gasteiger partial charge < -0.3 is 19.5 Å². The molecule has 0 radical (unpaired) electrons. The summed E-state index contributed by atoms with van der Waals surface area (Å²) in [7, 11) is 3.19. The van der Waals surface area contributed by atoms with Crippen molar-refractivity contribution in [2.75, 3.05) is 45.3 Å². The highest BCUT2D eigenvalue weighted by Crippen LogP contribution is 2.28. The van der Waals surface area contributed by atoms with Gasteiger partial charge in [-0.05, 0) is 45.8 Å². The first-order valence-corrected chi connectivity index (χ1v) is 8.93. The average Bonchev–Trinajstić information content (AvgIpc) is 2.64. The number of piperazine rings is 1. The molecule has 1 saturated heterocycles. The Morgan fingerprint density at radius 3 is 2.52 bits per heavy atom. The highest BCUT2D eigenvalue weighted by molar-refractivity contribution is 9.10. The Bertz CT molecular complexity index is 734. The second-order valence-electron chi connectivity index (χ2n) is 5.93. The summed E-state index contributed by atoms with van der Waals surface area (Å²) in [6.07, 6.45) is 0. The van der Waals surface area contributed by atoms with Crippen LogP contribution in [0.5, 0.6) is 17.4 Å². The lowest BCUT2D eigenvalue weighted by Gasteiger charge is -2.35. The summed E-state index contributed by atoms with van der Waals surface area (Å²) in [6.45, 7) is 4.55. The quantitative estimate of drug-likeness (QED) is 0.821. The Morgan fingerprint density at radius 2 is 1.84 bits per heavy atom. The zero-order valence-electron chi connectivity index (χ0n) is 14.4. The van der Waals surface area contributed by atoms with E-state index < -0.39 is 0 Å². The van der Waals surface area contributed by atoms with Gasteiger partial charge >= 0.3 is 0 Å². The van der Waals surface area contributed by atoms with E-state index in [4.69, 9.17) is 9.47 Å². The predicted octanol–water partition coefficient (Wildman–Crippen LogP) is 2.89. The molecular weight excluding hydrogens is 386 g/mol. The fourth-order valence-electron chi connectivity index (χ4n) is 2.95. The van der Waals surface area contributed by atoms with Crippen LogP contribution in [-0.2, 0) is 6.54 Å². The number of methoxy groups -OCH3 is 2. The number of phenolic OH excluding ortho intramolecular Hbond substituents is 1. The molecule has 7 heteroatoms. The largest absolute Gasteiger partial charge is 0.504 e. The third kappa shape index (κ3) is 4.16. The zero-order chi connectivity index (χ0) is 17.8. The Hall–Kier alpha value is -1.99. The topological polar surface area (TPSA) is 58.1 Å².